The second-order valence-electron chi connectivity index (χ2n) is 6.73. The largest absolute Gasteiger partial charge is 0.343 e. The third-order valence-electron chi connectivity index (χ3n) is 4.72. The molecule has 0 aliphatic heterocycles. The highest BCUT2D eigenvalue weighted by molar-refractivity contribution is 6.42. The van der Waals surface area contributed by atoms with E-state index in [4.69, 9.17) is 23.2 Å². The lowest BCUT2D eigenvalue weighted by Crippen LogP contribution is -2.32. The van der Waals surface area contributed by atoms with Gasteiger partial charge >= 0.3 is 0 Å². The van der Waals surface area contributed by atoms with E-state index in [0.29, 0.717) is 22.2 Å². The summed E-state index contributed by atoms with van der Waals surface area (Å²) in [7, 11) is 0. The monoisotopic (exact) mass is 436 g/mol. The highest BCUT2D eigenvalue weighted by atomic mass is 35.5. The first-order chi connectivity index (χ1) is 14.6. The Hall–Kier alpha value is -3.15. The number of amides is 1. The molecule has 0 fully saturated rings. The van der Waals surface area contributed by atoms with Crippen molar-refractivity contribution in [3.8, 4) is 11.1 Å². The first-order valence-corrected chi connectivity index (χ1v) is 10.1. The Morgan fingerprint density at radius 1 is 0.867 bits per heavy atom. The van der Waals surface area contributed by atoms with Gasteiger partial charge in [0.1, 0.15) is 0 Å². The van der Waals surface area contributed by atoms with E-state index >= 15 is 0 Å². The summed E-state index contributed by atoms with van der Waals surface area (Å²) in [4.78, 5) is 14.5. The molecule has 150 valence electrons. The SMILES string of the molecule is O=C(NC(Cn1nccn1)c1ccccc1)c1ccc(-c2ccc(Cl)c(Cl)c2)cc1. The van der Waals surface area contributed by atoms with E-state index in [2.05, 4.69) is 15.5 Å². The summed E-state index contributed by atoms with van der Waals surface area (Å²) < 4.78 is 0. The smallest absolute Gasteiger partial charge is 0.251 e. The maximum atomic E-state index is 12.9. The molecule has 1 heterocycles. The molecule has 7 heteroatoms. The lowest BCUT2D eigenvalue weighted by molar-refractivity contribution is 0.0931. The molecular weight excluding hydrogens is 419 g/mol. The van der Waals surface area contributed by atoms with E-state index in [1.807, 2.05) is 54.6 Å². The van der Waals surface area contributed by atoms with Crippen molar-refractivity contribution in [1.29, 1.82) is 0 Å². The molecule has 1 atom stereocenters. The van der Waals surface area contributed by atoms with Gasteiger partial charge in [-0.15, -0.1) is 0 Å². The topological polar surface area (TPSA) is 59.8 Å². The first-order valence-electron chi connectivity index (χ1n) is 9.35. The van der Waals surface area contributed by atoms with Crippen LogP contribution in [0.2, 0.25) is 10.0 Å². The highest BCUT2D eigenvalue weighted by Gasteiger charge is 2.17. The van der Waals surface area contributed by atoms with Crippen LogP contribution in [0, 0.1) is 0 Å². The Labute approximate surface area is 184 Å². The normalized spacial score (nSPS) is 11.8. The summed E-state index contributed by atoms with van der Waals surface area (Å²) in [5, 5.41) is 12.4. The van der Waals surface area contributed by atoms with Gasteiger partial charge in [0.05, 0.1) is 35.0 Å². The molecule has 0 spiro atoms. The maximum absolute atomic E-state index is 12.9. The van der Waals surface area contributed by atoms with Crippen LogP contribution in [0.5, 0.6) is 0 Å². The Kier molecular flexibility index (Phi) is 6.12. The van der Waals surface area contributed by atoms with Crippen molar-refractivity contribution in [1.82, 2.24) is 20.3 Å². The molecule has 0 saturated heterocycles. The summed E-state index contributed by atoms with van der Waals surface area (Å²) in [5.74, 6) is -0.170. The highest BCUT2D eigenvalue weighted by Crippen LogP contribution is 2.28. The number of carbonyl (C=O) groups excluding carboxylic acids is 1. The molecule has 1 N–H and O–H groups in total. The zero-order valence-corrected chi connectivity index (χ0v) is 17.4. The Morgan fingerprint density at radius 3 is 2.20 bits per heavy atom. The van der Waals surface area contributed by atoms with Crippen molar-refractivity contribution in [3.63, 3.8) is 0 Å². The van der Waals surface area contributed by atoms with Crippen LogP contribution < -0.4 is 5.32 Å². The summed E-state index contributed by atoms with van der Waals surface area (Å²) in [6.07, 6.45) is 3.23. The molecule has 0 bridgehead atoms. The van der Waals surface area contributed by atoms with Crippen molar-refractivity contribution in [2.45, 2.75) is 12.6 Å². The zero-order valence-electron chi connectivity index (χ0n) is 15.9. The lowest BCUT2D eigenvalue weighted by atomic mass is 10.0. The van der Waals surface area contributed by atoms with Gasteiger partial charge in [0.2, 0.25) is 0 Å². The van der Waals surface area contributed by atoms with Gasteiger partial charge in [-0.05, 0) is 41.0 Å². The zero-order chi connectivity index (χ0) is 20.9. The Bertz CT molecular complexity index is 1130. The third kappa shape index (κ3) is 4.70. The summed E-state index contributed by atoms with van der Waals surface area (Å²) in [6, 6.07) is 22.3. The van der Waals surface area contributed by atoms with Gasteiger partial charge in [-0.3, -0.25) is 4.79 Å². The average Bonchev–Trinajstić information content (AvgIpc) is 3.29. The standard InChI is InChI=1S/C23H18Cl2N4O/c24-20-11-10-19(14-21(20)25)16-6-8-18(9-7-16)23(30)28-22(15-29-26-12-13-27-29)17-4-2-1-3-5-17/h1-14,22H,15H2,(H,28,30). The van der Waals surface area contributed by atoms with Gasteiger partial charge in [0.25, 0.3) is 5.91 Å². The van der Waals surface area contributed by atoms with Crippen molar-refractivity contribution in [2.24, 2.45) is 0 Å². The molecule has 0 radical (unpaired) electrons. The van der Waals surface area contributed by atoms with Gasteiger partial charge in [-0.25, -0.2) is 0 Å². The fourth-order valence-corrected chi connectivity index (χ4v) is 3.45. The number of rotatable bonds is 6. The Morgan fingerprint density at radius 2 is 1.53 bits per heavy atom. The summed E-state index contributed by atoms with van der Waals surface area (Å²) in [5.41, 5.74) is 3.43. The quantitative estimate of drug-likeness (QED) is 0.438. The number of nitrogens with one attached hydrogen (secondary N) is 1. The molecule has 1 amide bonds. The van der Waals surface area contributed by atoms with Gasteiger partial charge < -0.3 is 5.32 Å². The van der Waals surface area contributed by atoms with Crippen LogP contribution in [-0.4, -0.2) is 20.9 Å². The van der Waals surface area contributed by atoms with Crippen LogP contribution in [0.1, 0.15) is 22.0 Å². The predicted molar refractivity (Wildman–Crippen MR) is 119 cm³/mol. The molecule has 30 heavy (non-hydrogen) atoms. The van der Waals surface area contributed by atoms with Crippen LogP contribution in [0.4, 0.5) is 0 Å². The molecule has 4 rings (SSSR count). The Balaban J connectivity index is 1.52. The molecule has 3 aromatic carbocycles. The second-order valence-corrected chi connectivity index (χ2v) is 7.54. The van der Waals surface area contributed by atoms with Crippen LogP contribution >= 0.6 is 23.2 Å². The number of nitrogens with zero attached hydrogens (tertiary/aromatic N) is 3. The van der Waals surface area contributed by atoms with Crippen LogP contribution in [0.25, 0.3) is 11.1 Å². The fourth-order valence-electron chi connectivity index (χ4n) is 3.15. The van der Waals surface area contributed by atoms with E-state index in [0.717, 1.165) is 16.7 Å². The molecule has 5 nitrogen and oxygen atoms in total. The summed E-state index contributed by atoms with van der Waals surface area (Å²) >= 11 is 12.1. The third-order valence-corrected chi connectivity index (χ3v) is 5.46. The second kappa shape index (κ2) is 9.11. The van der Waals surface area contributed by atoms with Crippen molar-refractivity contribution >= 4 is 29.1 Å². The van der Waals surface area contributed by atoms with Gasteiger partial charge in [-0.1, -0.05) is 71.7 Å². The number of hydrogen-bond acceptors (Lipinski definition) is 3. The van der Waals surface area contributed by atoms with Gasteiger partial charge in [0, 0.05) is 5.56 Å². The van der Waals surface area contributed by atoms with E-state index in [9.17, 15) is 4.79 Å². The molecule has 1 unspecified atom stereocenters. The molecular formula is C23H18Cl2N4O. The molecule has 0 saturated carbocycles. The van der Waals surface area contributed by atoms with Gasteiger partial charge in [-0.2, -0.15) is 15.0 Å². The minimum absolute atomic E-state index is 0.170. The average molecular weight is 437 g/mol. The number of aromatic nitrogens is 3. The molecule has 4 aromatic rings. The number of halogens is 2. The van der Waals surface area contributed by atoms with E-state index < -0.39 is 0 Å². The molecule has 1 aromatic heterocycles. The minimum Gasteiger partial charge on any atom is -0.343 e. The lowest BCUT2D eigenvalue weighted by Gasteiger charge is -2.19. The van der Waals surface area contributed by atoms with E-state index in [-0.39, 0.29) is 11.9 Å². The van der Waals surface area contributed by atoms with Gasteiger partial charge in [0.15, 0.2) is 0 Å². The minimum atomic E-state index is -0.263. The number of carbonyl (C=O) groups is 1. The maximum Gasteiger partial charge on any atom is 0.251 e. The summed E-state index contributed by atoms with van der Waals surface area (Å²) in [6.45, 7) is 0.435. The first kappa shape index (κ1) is 20.1. The van der Waals surface area contributed by atoms with E-state index in [1.165, 1.54) is 0 Å². The number of benzene rings is 3. The van der Waals surface area contributed by atoms with Crippen molar-refractivity contribution in [3.05, 3.63) is 106 Å². The molecule has 0 aliphatic rings. The van der Waals surface area contributed by atoms with Crippen molar-refractivity contribution < 1.29 is 4.79 Å². The van der Waals surface area contributed by atoms with Crippen LogP contribution in [-0.2, 0) is 6.54 Å². The van der Waals surface area contributed by atoms with Crippen molar-refractivity contribution in [2.75, 3.05) is 0 Å². The predicted octanol–water partition coefficient (Wildman–Crippen LogP) is 5.42. The van der Waals surface area contributed by atoms with Crippen LogP contribution in [0.3, 0.4) is 0 Å². The molecule has 0 aliphatic carbocycles. The van der Waals surface area contributed by atoms with Crippen LogP contribution in [0.15, 0.2) is 85.2 Å². The van der Waals surface area contributed by atoms with E-state index in [1.54, 1.807) is 35.4 Å². The number of hydrogen-bond donors (Lipinski definition) is 1. The fraction of sp³-hybridized carbons (Fsp3) is 0.0870.